The van der Waals surface area contributed by atoms with Crippen molar-refractivity contribution < 1.29 is 9.90 Å². The molecule has 0 spiro atoms. The van der Waals surface area contributed by atoms with Gasteiger partial charge < -0.3 is 5.11 Å². The van der Waals surface area contributed by atoms with Crippen molar-refractivity contribution in [1.82, 2.24) is 20.2 Å². The highest BCUT2D eigenvalue weighted by Gasteiger charge is 2.47. The third kappa shape index (κ3) is 2.17. The zero-order valence-electron chi connectivity index (χ0n) is 11.4. The van der Waals surface area contributed by atoms with Gasteiger partial charge in [0.25, 0.3) is 0 Å². The zero-order valence-corrected chi connectivity index (χ0v) is 11.4. The minimum Gasteiger partial charge on any atom is -0.481 e. The lowest BCUT2D eigenvalue weighted by atomic mass is 10.0. The molecular formula is C14H16N4O2. The molecule has 1 heterocycles. The second-order valence-corrected chi connectivity index (χ2v) is 5.48. The summed E-state index contributed by atoms with van der Waals surface area (Å²) in [7, 11) is 0. The topological polar surface area (TPSA) is 80.9 Å². The van der Waals surface area contributed by atoms with E-state index in [9.17, 15) is 4.79 Å². The summed E-state index contributed by atoms with van der Waals surface area (Å²) in [6, 6.07) is 8.03. The van der Waals surface area contributed by atoms with E-state index < -0.39 is 5.97 Å². The van der Waals surface area contributed by atoms with Crippen LogP contribution in [-0.4, -0.2) is 31.3 Å². The van der Waals surface area contributed by atoms with E-state index in [2.05, 4.69) is 29.4 Å². The van der Waals surface area contributed by atoms with E-state index in [0.29, 0.717) is 18.2 Å². The maximum atomic E-state index is 11.0. The first-order chi connectivity index (χ1) is 9.58. The molecule has 1 N–H and O–H groups in total. The number of nitrogens with zero attached hydrogens (tertiary/aromatic N) is 4. The number of aliphatic carboxylic acids is 1. The molecule has 6 nitrogen and oxygen atoms in total. The van der Waals surface area contributed by atoms with Gasteiger partial charge in [-0.3, -0.25) is 4.79 Å². The molecule has 1 fully saturated rings. The Bertz CT molecular complexity index is 633. The van der Waals surface area contributed by atoms with Gasteiger partial charge in [-0.2, -0.15) is 4.68 Å². The standard InChI is InChI=1S/C14H16N4O2/c1-8(2)9-3-5-10(6-4-9)18-13(15-16-17-18)11-7-12(11)14(19)20/h3-6,8,11-12H,7H2,1-2H3,(H,19,20). The Kier molecular flexibility index (Phi) is 3.00. The molecule has 1 saturated carbocycles. The molecule has 1 aromatic heterocycles. The van der Waals surface area contributed by atoms with Crippen molar-refractivity contribution in [3.63, 3.8) is 0 Å². The van der Waals surface area contributed by atoms with Crippen LogP contribution in [0.3, 0.4) is 0 Å². The number of carbonyl (C=O) groups is 1. The third-order valence-corrected chi connectivity index (χ3v) is 3.74. The Labute approximate surface area is 116 Å². The number of benzene rings is 1. The van der Waals surface area contributed by atoms with Gasteiger partial charge in [0.15, 0.2) is 5.82 Å². The van der Waals surface area contributed by atoms with Crippen LogP contribution < -0.4 is 0 Å². The monoisotopic (exact) mass is 272 g/mol. The Morgan fingerprint density at radius 3 is 2.60 bits per heavy atom. The first-order valence-corrected chi connectivity index (χ1v) is 6.69. The molecule has 1 aromatic carbocycles. The number of rotatable bonds is 4. The molecule has 0 radical (unpaired) electrons. The van der Waals surface area contributed by atoms with Crippen LogP contribution in [0.2, 0.25) is 0 Å². The highest BCUT2D eigenvalue weighted by atomic mass is 16.4. The predicted molar refractivity (Wildman–Crippen MR) is 71.7 cm³/mol. The van der Waals surface area contributed by atoms with Gasteiger partial charge in [-0.25, -0.2) is 0 Å². The summed E-state index contributed by atoms with van der Waals surface area (Å²) < 4.78 is 1.64. The smallest absolute Gasteiger partial charge is 0.307 e. The van der Waals surface area contributed by atoms with Crippen LogP contribution in [-0.2, 0) is 4.79 Å². The quantitative estimate of drug-likeness (QED) is 0.920. The summed E-state index contributed by atoms with van der Waals surface area (Å²) in [6.45, 7) is 4.28. The Morgan fingerprint density at radius 1 is 1.35 bits per heavy atom. The predicted octanol–water partition coefficient (Wildman–Crippen LogP) is 1.97. The summed E-state index contributed by atoms with van der Waals surface area (Å²) in [5.74, 6) is -0.103. The average molecular weight is 272 g/mol. The van der Waals surface area contributed by atoms with Crippen LogP contribution in [0.15, 0.2) is 24.3 Å². The van der Waals surface area contributed by atoms with E-state index >= 15 is 0 Å². The Morgan fingerprint density at radius 2 is 2.05 bits per heavy atom. The minimum atomic E-state index is -0.778. The molecule has 6 heteroatoms. The molecule has 0 bridgehead atoms. The molecule has 0 aliphatic heterocycles. The molecule has 2 unspecified atom stereocenters. The highest BCUT2D eigenvalue weighted by Crippen LogP contribution is 2.46. The van der Waals surface area contributed by atoms with E-state index in [-0.39, 0.29) is 11.8 Å². The fourth-order valence-electron chi connectivity index (χ4n) is 2.36. The first-order valence-electron chi connectivity index (χ1n) is 6.69. The zero-order chi connectivity index (χ0) is 14.3. The van der Waals surface area contributed by atoms with Crippen molar-refractivity contribution in [2.75, 3.05) is 0 Å². The van der Waals surface area contributed by atoms with Gasteiger partial charge in [0.1, 0.15) is 0 Å². The average Bonchev–Trinajstić information content (AvgIpc) is 3.09. The van der Waals surface area contributed by atoms with Crippen LogP contribution >= 0.6 is 0 Å². The Hall–Kier alpha value is -2.24. The van der Waals surface area contributed by atoms with Gasteiger partial charge in [0.2, 0.25) is 0 Å². The molecule has 3 rings (SSSR count). The van der Waals surface area contributed by atoms with Gasteiger partial charge >= 0.3 is 5.97 Å². The lowest BCUT2D eigenvalue weighted by molar-refractivity contribution is -0.138. The number of hydrogen-bond donors (Lipinski definition) is 1. The van der Waals surface area contributed by atoms with Crippen LogP contribution in [0.1, 0.15) is 43.5 Å². The molecule has 0 saturated heterocycles. The minimum absolute atomic E-state index is 0.0766. The summed E-state index contributed by atoms with van der Waals surface area (Å²) in [6.07, 6.45) is 0.611. The van der Waals surface area contributed by atoms with Crippen LogP contribution in [0.25, 0.3) is 5.69 Å². The summed E-state index contributed by atoms with van der Waals surface area (Å²) in [5.41, 5.74) is 2.11. The lowest BCUT2D eigenvalue weighted by Gasteiger charge is -2.07. The maximum absolute atomic E-state index is 11.0. The van der Waals surface area contributed by atoms with Crippen molar-refractivity contribution >= 4 is 5.97 Å². The van der Waals surface area contributed by atoms with Gasteiger partial charge in [0, 0.05) is 5.92 Å². The van der Waals surface area contributed by atoms with Crippen molar-refractivity contribution in [1.29, 1.82) is 0 Å². The molecular weight excluding hydrogens is 256 g/mol. The summed E-state index contributed by atoms with van der Waals surface area (Å²) in [4.78, 5) is 11.0. The summed E-state index contributed by atoms with van der Waals surface area (Å²) >= 11 is 0. The van der Waals surface area contributed by atoms with E-state index in [1.807, 2.05) is 24.3 Å². The number of carboxylic acid groups (broad SMARTS) is 1. The first kappa shape index (κ1) is 12.8. The van der Waals surface area contributed by atoms with Gasteiger partial charge in [0.05, 0.1) is 11.6 Å². The van der Waals surface area contributed by atoms with E-state index in [0.717, 1.165) is 5.69 Å². The van der Waals surface area contributed by atoms with Gasteiger partial charge in [-0.15, -0.1) is 5.10 Å². The van der Waals surface area contributed by atoms with Crippen molar-refractivity contribution in [3.8, 4) is 5.69 Å². The van der Waals surface area contributed by atoms with E-state index in [4.69, 9.17) is 5.11 Å². The number of tetrazole rings is 1. The maximum Gasteiger partial charge on any atom is 0.307 e. The highest BCUT2D eigenvalue weighted by molar-refractivity contribution is 5.74. The SMILES string of the molecule is CC(C)c1ccc(-n2nnnc2C2CC2C(=O)O)cc1. The number of carboxylic acids is 1. The van der Waals surface area contributed by atoms with Crippen LogP contribution in [0, 0.1) is 5.92 Å². The van der Waals surface area contributed by atoms with Crippen molar-refractivity contribution in [3.05, 3.63) is 35.7 Å². The number of hydrogen-bond acceptors (Lipinski definition) is 4. The largest absolute Gasteiger partial charge is 0.481 e. The fraction of sp³-hybridized carbons (Fsp3) is 0.429. The second-order valence-electron chi connectivity index (χ2n) is 5.48. The molecule has 20 heavy (non-hydrogen) atoms. The van der Waals surface area contributed by atoms with E-state index in [1.165, 1.54) is 5.56 Å². The van der Waals surface area contributed by atoms with Gasteiger partial charge in [-0.1, -0.05) is 26.0 Å². The molecule has 104 valence electrons. The van der Waals surface area contributed by atoms with E-state index in [1.54, 1.807) is 4.68 Å². The number of aromatic nitrogens is 4. The molecule has 2 atom stereocenters. The lowest BCUT2D eigenvalue weighted by Crippen LogP contribution is -2.06. The molecule has 2 aromatic rings. The van der Waals surface area contributed by atoms with Crippen molar-refractivity contribution in [2.24, 2.45) is 5.92 Å². The molecule has 1 aliphatic carbocycles. The van der Waals surface area contributed by atoms with Crippen molar-refractivity contribution in [2.45, 2.75) is 32.1 Å². The summed E-state index contributed by atoms with van der Waals surface area (Å²) in [5, 5.41) is 20.6. The normalized spacial score (nSPS) is 21.1. The van der Waals surface area contributed by atoms with Crippen LogP contribution in [0.4, 0.5) is 0 Å². The fourth-order valence-corrected chi connectivity index (χ4v) is 2.36. The molecule has 1 aliphatic rings. The third-order valence-electron chi connectivity index (χ3n) is 3.74. The van der Waals surface area contributed by atoms with Crippen LogP contribution in [0.5, 0.6) is 0 Å². The molecule has 0 amide bonds. The van der Waals surface area contributed by atoms with Gasteiger partial charge in [-0.05, 0) is 40.5 Å². The second kappa shape index (κ2) is 4.70. The Balaban J connectivity index is 1.88.